The molecule has 0 aromatic heterocycles. The van der Waals surface area contributed by atoms with Crippen LogP contribution < -0.4 is 11.1 Å². The van der Waals surface area contributed by atoms with Crippen LogP contribution in [0.4, 0.5) is 0 Å². The van der Waals surface area contributed by atoms with Gasteiger partial charge in [-0.3, -0.25) is 9.59 Å². The van der Waals surface area contributed by atoms with E-state index in [1.54, 1.807) is 19.0 Å². The molecule has 2 amide bonds. The Balaban J connectivity index is 1.89. The minimum atomic E-state index is -0.0353. The molecule has 18 heavy (non-hydrogen) atoms. The molecule has 2 bridgehead atoms. The Labute approximate surface area is 108 Å². The summed E-state index contributed by atoms with van der Waals surface area (Å²) in [6.07, 6.45) is 3.78. The Morgan fingerprint density at radius 3 is 2.56 bits per heavy atom. The summed E-state index contributed by atoms with van der Waals surface area (Å²) >= 11 is 0. The van der Waals surface area contributed by atoms with Gasteiger partial charge in [-0.15, -0.1) is 0 Å². The summed E-state index contributed by atoms with van der Waals surface area (Å²) in [5.74, 6) is 1.08. The fourth-order valence-electron chi connectivity index (χ4n) is 3.46. The van der Waals surface area contributed by atoms with Crippen molar-refractivity contribution >= 4 is 11.8 Å². The van der Waals surface area contributed by atoms with Crippen LogP contribution in [-0.4, -0.2) is 43.4 Å². The average Bonchev–Trinajstić information content (AvgIpc) is 2.95. The second-order valence-corrected chi connectivity index (χ2v) is 5.62. The molecule has 0 aromatic carbocycles. The average molecular weight is 253 g/mol. The second kappa shape index (κ2) is 5.26. The number of carbonyl (C=O) groups is 2. The van der Waals surface area contributed by atoms with Crippen molar-refractivity contribution in [3.8, 4) is 0 Å². The Kier molecular flexibility index (Phi) is 3.90. The van der Waals surface area contributed by atoms with E-state index in [9.17, 15) is 9.59 Å². The first-order valence-corrected chi connectivity index (χ1v) is 6.75. The minimum Gasteiger partial charge on any atom is -0.359 e. The van der Waals surface area contributed by atoms with Crippen LogP contribution in [0.2, 0.25) is 0 Å². The largest absolute Gasteiger partial charge is 0.359 e. The van der Waals surface area contributed by atoms with Crippen molar-refractivity contribution in [2.24, 2.45) is 23.5 Å². The van der Waals surface area contributed by atoms with Crippen LogP contribution in [0, 0.1) is 17.8 Å². The topological polar surface area (TPSA) is 75.4 Å². The van der Waals surface area contributed by atoms with Gasteiger partial charge in [0, 0.05) is 33.1 Å². The molecule has 3 N–H and O–H groups in total. The van der Waals surface area contributed by atoms with Crippen molar-refractivity contribution in [3.05, 3.63) is 0 Å². The number of nitrogens with two attached hydrogens (primary N) is 1. The zero-order valence-electron chi connectivity index (χ0n) is 11.2. The lowest BCUT2D eigenvalue weighted by molar-refractivity contribution is -0.136. The van der Waals surface area contributed by atoms with E-state index in [0.717, 1.165) is 12.8 Å². The van der Waals surface area contributed by atoms with Crippen LogP contribution in [0.5, 0.6) is 0 Å². The summed E-state index contributed by atoms with van der Waals surface area (Å²) in [6, 6.07) is 0.0266. The van der Waals surface area contributed by atoms with Gasteiger partial charge in [0.15, 0.2) is 0 Å². The fourth-order valence-corrected chi connectivity index (χ4v) is 3.46. The van der Waals surface area contributed by atoms with Crippen molar-refractivity contribution < 1.29 is 9.59 Å². The molecule has 5 heteroatoms. The van der Waals surface area contributed by atoms with Crippen molar-refractivity contribution in [2.45, 2.75) is 31.7 Å². The van der Waals surface area contributed by atoms with Gasteiger partial charge in [0.2, 0.25) is 11.8 Å². The molecular weight excluding hydrogens is 230 g/mol. The zero-order valence-corrected chi connectivity index (χ0v) is 11.2. The van der Waals surface area contributed by atoms with E-state index in [-0.39, 0.29) is 23.8 Å². The van der Waals surface area contributed by atoms with Gasteiger partial charge in [0.1, 0.15) is 0 Å². The minimum absolute atomic E-state index is 0.0153. The number of carbonyl (C=O) groups excluding carboxylic acids is 2. The van der Waals surface area contributed by atoms with Crippen LogP contribution in [0.25, 0.3) is 0 Å². The van der Waals surface area contributed by atoms with E-state index >= 15 is 0 Å². The highest BCUT2D eigenvalue weighted by Gasteiger charge is 2.49. The molecule has 0 spiro atoms. The van der Waals surface area contributed by atoms with Gasteiger partial charge >= 0.3 is 0 Å². The third-order valence-electron chi connectivity index (χ3n) is 4.60. The number of hydrogen-bond donors (Lipinski definition) is 2. The Hall–Kier alpha value is -1.10. The molecule has 102 valence electrons. The zero-order chi connectivity index (χ0) is 13.3. The fraction of sp³-hybridized carbons (Fsp3) is 0.846. The van der Waals surface area contributed by atoms with E-state index in [1.807, 2.05) is 0 Å². The molecule has 2 fully saturated rings. The van der Waals surface area contributed by atoms with E-state index in [4.69, 9.17) is 5.73 Å². The quantitative estimate of drug-likeness (QED) is 0.738. The lowest BCUT2D eigenvalue weighted by Crippen LogP contribution is -2.46. The van der Waals surface area contributed by atoms with Crippen LogP contribution in [0.3, 0.4) is 0 Å². The summed E-state index contributed by atoms with van der Waals surface area (Å²) < 4.78 is 0. The number of nitrogens with zero attached hydrogens (tertiary/aromatic N) is 1. The summed E-state index contributed by atoms with van der Waals surface area (Å²) in [7, 11) is 3.37. The number of fused-ring (bicyclic) bond motifs is 2. The molecule has 2 aliphatic rings. The molecule has 2 rings (SSSR count). The number of rotatable bonds is 4. The van der Waals surface area contributed by atoms with E-state index in [1.165, 1.54) is 6.42 Å². The standard InChI is InChI=1S/C13H23N3O2/c1-15-10(17)5-6-16(2)13(18)11-8-3-4-9(7-8)12(11)14/h8-9,11-12H,3-7,14H2,1-2H3,(H,15,17). The van der Waals surface area contributed by atoms with Gasteiger partial charge in [0.05, 0.1) is 5.92 Å². The van der Waals surface area contributed by atoms with Crippen molar-refractivity contribution in [1.82, 2.24) is 10.2 Å². The van der Waals surface area contributed by atoms with Crippen LogP contribution in [0.15, 0.2) is 0 Å². The molecule has 0 heterocycles. The molecule has 5 nitrogen and oxygen atoms in total. The molecule has 0 aromatic rings. The van der Waals surface area contributed by atoms with Gasteiger partial charge < -0.3 is 16.0 Å². The number of nitrogens with one attached hydrogen (secondary N) is 1. The number of hydrogen-bond acceptors (Lipinski definition) is 3. The van der Waals surface area contributed by atoms with Gasteiger partial charge in [0.25, 0.3) is 0 Å². The molecule has 2 saturated carbocycles. The smallest absolute Gasteiger partial charge is 0.227 e. The van der Waals surface area contributed by atoms with Crippen molar-refractivity contribution in [1.29, 1.82) is 0 Å². The Morgan fingerprint density at radius 2 is 2.00 bits per heavy atom. The Morgan fingerprint density at radius 1 is 1.33 bits per heavy atom. The highest BCUT2D eigenvalue weighted by atomic mass is 16.2. The normalized spacial score (nSPS) is 33.5. The first-order valence-electron chi connectivity index (χ1n) is 6.75. The third kappa shape index (κ3) is 2.36. The summed E-state index contributed by atoms with van der Waals surface area (Å²) in [6.45, 7) is 0.471. The van der Waals surface area contributed by atoms with Crippen molar-refractivity contribution in [2.75, 3.05) is 20.6 Å². The van der Waals surface area contributed by atoms with Crippen LogP contribution >= 0.6 is 0 Å². The van der Waals surface area contributed by atoms with Gasteiger partial charge in [-0.2, -0.15) is 0 Å². The van der Waals surface area contributed by atoms with E-state index < -0.39 is 0 Å². The molecule has 4 unspecified atom stereocenters. The second-order valence-electron chi connectivity index (χ2n) is 5.62. The molecule has 0 aliphatic heterocycles. The van der Waals surface area contributed by atoms with Crippen LogP contribution in [0.1, 0.15) is 25.7 Å². The molecular formula is C13H23N3O2. The van der Waals surface area contributed by atoms with Crippen molar-refractivity contribution in [3.63, 3.8) is 0 Å². The number of amides is 2. The van der Waals surface area contributed by atoms with Gasteiger partial charge in [-0.25, -0.2) is 0 Å². The maximum Gasteiger partial charge on any atom is 0.227 e. The lowest BCUT2D eigenvalue weighted by atomic mass is 9.84. The van der Waals surface area contributed by atoms with Crippen LogP contribution in [-0.2, 0) is 9.59 Å². The van der Waals surface area contributed by atoms with Gasteiger partial charge in [-0.1, -0.05) is 0 Å². The maximum absolute atomic E-state index is 12.4. The summed E-state index contributed by atoms with van der Waals surface area (Å²) in [5, 5.41) is 2.56. The SMILES string of the molecule is CNC(=O)CCN(C)C(=O)C1C2CCC(C2)C1N. The summed E-state index contributed by atoms with van der Waals surface area (Å²) in [5.41, 5.74) is 6.16. The molecule has 0 radical (unpaired) electrons. The predicted molar refractivity (Wildman–Crippen MR) is 68.6 cm³/mol. The third-order valence-corrected chi connectivity index (χ3v) is 4.60. The first-order chi connectivity index (χ1) is 8.54. The van der Waals surface area contributed by atoms with E-state index in [0.29, 0.717) is 24.8 Å². The molecule has 0 saturated heterocycles. The Bertz CT molecular complexity index is 343. The highest BCUT2D eigenvalue weighted by molar-refractivity contribution is 5.81. The lowest BCUT2D eigenvalue weighted by Gasteiger charge is -2.30. The molecule has 2 aliphatic carbocycles. The monoisotopic (exact) mass is 253 g/mol. The van der Waals surface area contributed by atoms with E-state index in [2.05, 4.69) is 5.32 Å². The first kappa shape index (κ1) is 13.3. The maximum atomic E-state index is 12.4. The molecule has 4 atom stereocenters. The van der Waals surface area contributed by atoms with Gasteiger partial charge in [-0.05, 0) is 31.1 Å². The predicted octanol–water partition coefficient (Wildman–Crippen LogP) is -0.0457. The highest BCUT2D eigenvalue weighted by Crippen LogP contribution is 2.48. The summed E-state index contributed by atoms with van der Waals surface area (Å²) in [4.78, 5) is 25.2.